The van der Waals surface area contributed by atoms with Crippen molar-refractivity contribution >= 4 is 16.8 Å². The van der Waals surface area contributed by atoms with Crippen LogP contribution in [0, 0.1) is 6.92 Å². The Hall–Kier alpha value is -2.69. The molecule has 2 aromatic heterocycles. The van der Waals surface area contributed by atoms with Crippen molar-refractivity contribution < 1.29 is 13.9 Å². The molecule has 1 fully saturated rings. The predicted molar refractivity (Wildman–Crippen MR) is 105 cm³/mol. The molecule has 0 aliphatic heterocycles. The van der Waals surface area contributed by atoms with Gasteiger partial charge in [0.2, 0.25) is 0 Å². The standard InChI is InChI=1S/C22H26N2O3/c1-15-21(22(25)23-13-16-10-11-27-14-16)19-12-18(26-2)8-9-20(19)24(15)17-6-4-3-5-7-17/h8-12,14,17H,3-7,13H2,1-2H3,(H,23,25). The highest BCUT2D eigenvalue weighted by Crippen LogP contribution is 2.37. The fourth-order valence-electron chi connectivity index (χ4n) is 4.31. The summed E-state index contributed by atoms with van der Waals surface area (Å²) in [4.78, 5) is 13.1. The number of ether oxygens (including phenoxy) is 1. The fraction of sp³-hybridized carbons (Fsp3) is 0.409. The molecular weight excluding hydrogens is 340 g/mol. The normalized spacial score (nSPS) is 15.2. The zero-order valence-corrected chi connectivity index (χ0v) is 16.0. The summed E-state index contributed by atoms with van der Waals surface area (Å²) in [7, 11) is 1.66. The van der Waals surface area contributed by atoms with Gasteiger partial charge in [0.15, 0.2) is 0 Å². The number of hydrogen-bond acceptors (Lipinski definition) is 3. The van der Waals surface area contributed by atoms with Crippen molar-refractivity contribution in [1.29, 1.82) is 0 Å². The summed E-state index contributed by atoms with van der Waals surface area (Å²) in [6, 6.07) is 8.37. The van der Waals surface area contributed by atoms with E-state index in [1.54, 1.807) is 19.6 Å². The summed E-state index contributed by atoms with van der Waals surface area (Å²) in [5, 5.41) is 4.00. The van der Waals surface area contributed by atoms with E-state index >= 15 is 0 Å². The van der Waals surface area contributed by atoms with Gasteiger partial charge < -0.3 is 19.0 Å². The van der Waals surface area contributed by atoms with E-state index in [2.05, 4.69) is 22.9 Å². The third kappa shape index (κ3) is 3.34. The van der Waals surface area contributed by atoms with Gasteiger partial charge in [-0.2, -0.15) is 0 Å². The zero-order valence-electron chi connectivity index (χ0n) is 16.0. The summed E-state index contributed by atoms with van der Waals surface area (Å²) in [6.45, 7) is 2.52. The van der Waals surface area contributed by atoms with Crippen LogP contribution in [0.5, 0.6) is 5.75 Å². The Morgan fingerprint density at radius 2 is 2.07 bits per heavy atom. The number of amides is 1. The monoisotopic (exact) mass is 366 g/mol. The number of rotatable bonds is 5. The molecule has 5 heteroatoms. The zero-order chi connectivity index (χ0) is 18.8. The van der Waals surface area contributed by atoms with Gasteiger partial charge in [0, 0.05) is 34.7 Å². The van der Waals surface area contributed by atoms with Gasteiger partial charge in [-0.15, -0.1) is 0 Å². The van der Waals surface area contributed by atoms with Gasteiger partial charge >= 0.3 is 0 Å². The average Bonchev–Trinajstić information content (AvgIpc) is 3.31. The molecule has 0 atom stereocenters. The topological polar surface area (TPSA) is 56.4 Å². The van der Waals surface area contributed by atoms with Gasteiger partial charge in [0.1, 0.15) is 5.75 Å². The van der Waals surface area contributed by atoms with Gasteiger partial charge in [-0.05, 0) is 44.0 Å². The van der Waals surface area contributed by atoms with Crippen molar-refractivity contribution in [1.82, 2.24) is 9.88 Å². The minimum Gasteiger partial charge on any atom is -0.497 e. The molecule has 5 nitrogen and oxygen atoms in total. The first-order valence-corrected chi connectivity index (χ1v) is 9.67. The van der Waals surface area contributed by atoms with Crippen LogP contribution in [0.15, 0.2) is 41.2 Å². The minimum absolute atomic E-state index is 0.0542. The highest BCUT2D eigenvalue weighted by atomic mass is 16.5. The molecule has 0 spiro atoms. The number of carbonyl (C=O) groups is 1. The lowest BCUT2D eigenvalue weighted by molar-refractivity contribution is 0.0951. The third-order valence-electron chi connectivity index (χ3n) is 5.66. The molecule has 142 valence electrons. The second-order valence-corrected chi connectivity index (χ2v) is 7.32. The van der Waals surface area contributed by atoms with Crippen molar-refractivity contribution in [3.63, 3.8) is 0 Å². The van der Waals surface area contributed by atoms with E-state index in [0.29, 0.717) is 12.6 Å². The quantitative estimate of drug-likeness (QED) is 0.692. The van der Waals surface area contributed by atoms with Gasteiger partial charge in [-0.1, -0.05) is 19.3 Å². The Kier molecular flexibility index (Phi) is 4.92. The van der Waals surface area contributed by atoms with E-state index in [4.69, 9.17) is 9.15 Å². The van der Waals surface area contributed by atoms with Gasteiger partial charge in [-0.3, -0.25) is 4.79 Å². The Morgan fingerprint density at radius 1 is 1.26 bits per heavy atom. The van der Waals surface area contributed by atoms with Crippen LogP contribution in [0.2, 0.25) is 0 Å². The molecular formula is C22H26N2O3. The van der Waals surface area contributed by atoms with E-state index in [0.717, 1.165) is 33.5 Å². The fourth-order valence-corrected chi connectivity index (χ4v) is 4.31. The number of hydrogen-bond donors (Lipinski definition) is 1. The lowest BCUT2D eigenvalue weighted by Gasteiger charge is -2.26. The highest BCUT2D eigenvalue weighted by Gasteiger charge is 2.25. The summed E-state index contributed by atoms with van der Waals surface area (Å²) in [5.41, 5.74) is 3.86. The Labute approximate surface area is 159 Å². The first kappa shape index (κ1) is 17.7. The number of benzene rings is 1. The van der Waals surface area contributed by atoms with Gasteiger partial charge in [0.05, 0.1) is 25.2 Å². The van der Waals surface area contributed by atoms with Crippen molar-refractivity contribution in [2.24, 2.45) is 0 Å². The van der Waals surface area contributed by atoms with E-state index in [9.17, 15) is 4.79 Å². The number of carbonyl (C=O) groups excluding carboxylic acids is 1. The molecule has 1 N–H and O–H groups in total. The van der Waals surface area contributed by atoms with Crippen molar-refractivity contribution in [3.05, 3.63) is 53.6 Å². The van der Waals surface area contributed by atoms with Crippen molar-refractivity contribution in [2.75, 3.05) is 7.11 Å². The molecule has 2 heterocycles. The van der Waals surface area contributed by atoms with E-state index in [1.165, 1.54) is 32.1 Å². The molecule has 0 saturated heterocycles. The molecule has 4 rings (SSSR count). The van der Waals surface area contributed by atoms with Crippen LogP contribution in [0.1, 0.15) is 59.8 Å². The van der Waals surface area contributed by atoms with E-state index < -0.39 is 0 Å². The summed E-state index contributed by atoms with van der Waals surface area (Å²) in [5.74, 6) is 0.716. The third-order valence-corrected chi connectivity index (χ3v) is 5.66. The lowest BCUT2D eigenvalue weighted by Crippen LogP contribution is -2.23. The smallest absolute Gasteiger partial charge is 0.254 e. The first-order chi connectivity index (χ1) is 13.2. The first-order valence-electron chi connectivity index (χ1n) is 9.67. The van der Waals surface area contributed by atoms with Crippen LogP contribution < -0.4 is 10.1 Å². The second kappa shape index (κ2) is 7.51. The molecule has 0 unspecified atom stereocenters. The number of methoxy groups -OCH3 is 1. The lowest BCUT2D eigenvalue weighted by atomic mass is 9.95. The molecule has 1 aliphatic carbocycles. The summed E-state index contributed by atoms with van der Waals surface area (Å²) >= 11 is 0. The number of nitrogens with one attached hydrogen (secondary N) is 1. The maximum Gasteiger partial charge on any atom is 0.254 e. The molecule has 1 aliphatic rings. The SMILES string of the molecule is COc1ccc2c(c1)c(C(=O)NCc1ccoc1)c(C)n2C1CCCCC1. The minimum atomic E-state index is -0.0542. The van der Waals surface area contributed by atoms with E-state index in [1.807, 2.05) is 18.2 Å². The molecule has 1 amide bonds. The van der Waals surface area contributed by atoms with Crippen LogP contribution >= 0.6 is 0 Å². The molecule has 3 aromatic rings. The number of aromatic nitrogens is 1. The van der Waals surface area contributed by atoms with Crippen LogP contribution in [0.3, 0.4) is 0 Å². The number of furan rings is 1. The van der Waals surface area contributed by atoms with Crippen LogP contribution in [0.25, 0.3) is 10.9 Å². The van der Waals surface area contributed by atoms with E-state index in [-0.39, 0.29) is 5.91 Å². The largest absolute Gasteiger partial charge is 0.497 e. The van der Waals surface area contributed by atoms with Gasteiger partial charge in [-0.25, -0.2) is 0 Å². The Balaban J connectivity index is 1.75. The van der Waals surface area contributed by atoms with Crippen molar-refractivity contribution in [3.8, 4) is 5.75 Å². The maximum atomic E-state index is 13.1. The Morgan fingerprint density at radius 3 is 2.78 bits per heavy atom. The van der Waals surface area contributed by atoms with Crippen LogP contribution in [-0.2, 0) is 6.54 Å². The molecule has 1 aromatic carbocycles. The van der Waals surface area contributed by atoms with Crippen LogP contribution in [0.4, 0.5) is 0 Å². The average molecular weight is 366 g/mol. The molecule has 0 bridgehead atoms. The number of nitrogens with zero attached hydrogens (tertiary/aromatic N) is 1. The molecule has 1 saturated carbocycles. The maximum absolute atomic E-state index is 13.1. The summed E-state index contributed by atoms with van der Waals surface area (Å²) in [6.07, 6.45) is 9.43. The Bertz CT molecular complexity index is 934. The highest BCUT2D eigenvalue weighted by molar-refractivity contribution is 6.08. The second-order valence-electron chi connectivity index (χ2n) is 7.32. The predicted octanol–water partition coefficient (Wildman–Crippen LogP) is 4.99. The van der Waals surface area contributed by atoms with Crippen molar-refractivity contribution in [2.45, 2.75) is 51.6 Å². The number of fused-ring (bicyclic) bond motifs is 1. The van der Waals surface area contributed by atoms with Crippen LogP contribution in [-0.4, -0.2) is 17.6 Å². The molecule has 27 heavy (non-hydrogen) atoms. The molecule has 0 radical (unpaired) electrons. The van der Waals surface area contributed by atoms with Gasteiger partial charge in [0.25, 0.3) is 5.91 Å². The summed E-state index contributed by atoms with van der Waals surface area (Å²) < 4.78 is 12.9.